The van der Waals surface area contributed by atoms with Crippen molar-refractivity contribution in [3.05, 3.63) is 87.6 Å². The lowest BCUT2D eigenvalue weighted by Gasteiger charge is -2.06. The Morgan fingerprint density at radius 3 is 2.64 bits per heavy atom. The molecule has 0 bridgehead atoms. The smallest absolute Gasteiger partial charge is 0.246 e. The van der Waals surface area contributed by atoms with Crippen molar-refractivity contribution in [1.29, 1.82) is 0 Å². The first kappa shape index (κ1) is 18.4. The Morgan fingerprint density at radius 1 is 1.07 bits per heavy atom. The molecule has 0 saturated heterocycles. The van der Waals surface area contributed by atoms with Crippen LogP contribution in [0.4, 0.5) is 8.78 Å². The van der Waals surface area contributed by atoms with Crippen LogP contribution in [-0.2, 0) is 6.54 Å². The maximum atomic E-state index is 13.5. The number of rotatable bonds is 4. The third-order valence-electron chi connectivity index (χ3n) is 4.32. The number of aryl methyl sites for hydroxylation is 2. The van der Waals surface area contributed by atoms with Gasteiger partial charge in [0.25, 0.3) is 0 Å². The van der Waals surface area contributed by atoms with Gasteiger partial charge in [0.2, 0.25) is 0 Å². The minimum absolute atomic E-state index is 0.0331. The first-order valence-electron chi connectivity index (χ1n) is 8.55. The molecular formula is C20H16F2N4OS. The fourth-order valence-corrected chi connectivity index (χ4v) is 3.84. The lowest BCUT2D eigenvalue weighted by Crippen LogP contribution is -2.21. The molecule has 0 unspecified atom stereocenters. The normalized spacial score (nSPS) is 11.3. The number of hydrogen-bond donors (Lipinski definition) is 0. The molecule has 0 aliphatic carbocycles. The van der Waals surface area contributed by atoms with Crippen molar-refractivity contribution in [2.75, 3.05) is 0 Å². The van der Waals surface area contributed by atoms with Gasteiger partial charge in [-0.3, -0.25) is 0 Å². The van der Waals surface area contributed by atoms with Gasteiger partial charge < -0.3 is 0 Å². The van der Waals surface area contributed by atoms with E-state index in [0.717, 1.165) is 22.6 Å². The molecule has 2 aromatic heterocycles. The Kier molecular flexibility index (Phi) is 4.72. The molecule has 0 saturated carbocycles. The minimum atomic E-state index is -0.956. The van der Waals surface area contributed by atoms with Crippen molar-refractivity contribution in [3.8, 4) is 0 Å². The van der Waals surface area contributed by atoms with Gasteiger partial charge in [-0.15, -0.1) is 5.10 Å². The molecule has 2 heterocycles. The molecule has 5 nitrogen and oxygen atoms in total. The van der Waals surface area contributed by atoms with Gasteiger partial charge in [0, 0.05) is 17.3 Å². The Bertz CT molecular complexity index is 1250. The maximum absolute atomic E-state index is 13.5. The molecule has 2 aromatic carbocycles. The average molecular weight is 398 g/mol. The Balaban J connectivity index is 1.73. The van der Waals surface area contributed by atoms with E-state index >= 15 is 0 Å². The first-order valence-corrected chi connectivity index (χ1v) is 9.37. The van der Waals surface area contributed by atoms with Gasteiger partial charge in [0.15, 0.2) is 17.3 Å². The standard InChI is InChI=1S/C20H16F2N4OS/c1-12-3-6-17(13(2)9-12)28-19-18-24-26(20(27)25(18)8-7-23-19)11-14-4-5-15(21)16(22)10-14/h3-10H,11H2,1-2H3. The number of fused-ring (bicyclic) bond motifs is 1. The summed E-state index contributed by atoms with van der Waals surface area (Å²) in [6.45, 7) is 4.08. The lowest BCUT2D eigenvalue weighted by molar-refractivity contribution is 0.505. The summed E-state index contributed by atoms with van der Waals surface area (Å²) >= 11 is 1.43. The molecule has 4 aromatic rings. The number of benzene rings is 2. The van der Waals surface area contributed by atoms with Crippen LogP contribution < -0.4 is 5.69 Å². The third kappa shape index (κ3) is 3.43. The van der Waals surface area contributed by atoms with E-state index in [9.17, 15) is 13.6 Å². The van der Waals surface area contributed by atoms with E-state index in [2.05, 4.69) is 16.1 Å². The molecule has 0 aliphatic rings. The zero-order chi connectivity index (χ0) is 19.8. The summed E-state index contributed by atoms with van der Waals surface area (Å²) in [6.07, 6.45) is 3.09. The van der Waals surface area contributed by atoms with E-state index in [-0.39, 0.29) is 12.2 Å². The van der Waals surface area contributed by atoms with Crippen molar-refractivity contribution < 1.29 is 8.78 Å². The second-order valence-electron chi connectivity index (χ2n) is 6.49. The average Bonchev–Trinajstić information content (AvgIpc) is 2.97. The van der Waals surface area contributed by atoms with Crippen LogP contribution >= 0.6 is 11.8 Å². The number of hydrogen-bond acceptors (Lipinski definition) is 4. The van der Waals surface area contributed by atoms with Crippen LogP contribution in [0.3, 0.4) is 0 Å². The molecule has 0 spiro atoms. The van der Waals surface area contributed by atoms with Crippen molar-refractivity contribution in [2.45, 2.75) is 30.3 Å². The summed E-state index contributed by atoms with van der Waals surface area (Å²) in [7, 11) is 0. The van der Waals surface area contributed by atoms with Gasteiger partial charge in [0.05, 0.1) is 6.54 Å². The number of aromatic nitrogens is 4. The molecule has 4 rings (SSSR count). The van der Waals surface area contributed by atoms with E-state index in [1.807, 2.05) is 26.0 Å². The fourth-order valence-electron chi connectivity index (χ4n) is 2.93. The van der Waals surface area contributed by atoms with Crippen LogP contribution in [0.2, 0.25) is 0 Å². The summed E-state index contributed by atoms with van der Waals surface area (Å²) in [6, 6.07) is 9.64. The molecule has 8 heteroatoms. The predicted molar refractivity (Wildman–Crippen MR) is 103 cm³/mol. The molecule has 0 fully saturated rings. The first-order chi connectivity index (χ1) is 13.4. The molecule has 0 atom stereocenters. The Labute approximate surface area is 163 Å². The molecule has 0 aliphatic heterocycles. The van der Waals surface area contributed by atoms with E-state index in [4.69, 9.17) is 0 Å². The van der Waals surface area contributed by atoms with Gasteiger partial charge >= 0.3 is 5.69 Å². The summed E-state index contributed by atoms with van der Waals surface area (Å²) < 4.78 is 29.2. The molecule has 0 N–H and O–H groups in total. The van der Waals surface area contributed by atoms with E-state index < -0.39 is 11.6 Å². The minimum Gasteiger partial charge on any atom is -0.246 e. The molecule has 0 amide bonds. The summed E-state index contributed by atoms with van der Waals surface area (Å²) in [5.74, 6) is -1.88. The van der Waals surface area contributed by atoms with Crippen LogP contribution in [0.25, 0.3) is 5.65 Å². The van der Waals surface area contributed by atoms with Crippen LogP contribution in [0.1, 0.15) is 16.7 Å². The topological polar surface area (TPSA) is 52.2 Å². The summed E-state index contributed by atoms with van der Waals surface area (Å²) in [5.41, 5.74) is 2.77. The second kappa shape index (κ2) is 7.20. The van der Waals surface area contributed by atoms with Gasteiger partial charge in [-0.05, 0) is 43.2 Å². The molecule has 142 valence electrons. The number of nitrogens with zero attached hydrogens (tertiary/aromatic N) is 4. The molecule has 28 heavy (non-hydrogen) atoms. The summed E-state index contributed by atoms with van der Waals surface area (Å²) in [5, 5.41) is 4.96. The van der Waals surface area contributed by atoms with E-state index in [1.165, 1.54) is 32.5 Å². The van der Waals surface area contributed by atoms with Gasteiger partial charge in [-0.1, -0.05) is 35.5 Å². The monoisotopic (exact) mass is 398 g/mol. The third-order valence-corrected chi connectivity index (χ3v) is 5.48. The highest BCUT2D eigenvalue weighted by Gasteiger charge is 2.14. The van der Waals surface area contributed by atoms with Gasteiger partial charge in [-0.25, -0.2) is 27.6 Å². The molecule has 0 radical (unpaired) electrons. The van der Waals surface area contributed by atoms with Crippen LogP contribution in [0, 0.1) is 25.5 Å². The van der Waals surface area contributed by atoms with Gasteiger partial charge in [-0.2, -0.15) is 0 Å². The lowest BCUT2D eigenvalue weighted by atomic mass is 10.2. The highest BCUT2D eigenvalue weighted by atomic mass is 32.2. The SMILES string of the molecule is Cc1ccc(Sc2nccn3c(=O)n(Cc4ccc(F)c(F)c4)nc23)c(C)c1. The Hall–Kier alpha value is -3.00. The zero-order valence-electron chi connectivity index (χ0n) is 15.2. The highest BCUT2D eigenvalue weighted by Crippen LogP contribution is 2.31. The maximum Gasteiger partial charge on any atom is 0.350 e. The molecular weight excluding hydrogens is 382 g/mol. The highest BCUT2D eigenvalue weighted by molar-refractivity contribution is 7.99. The van der Waals surface area contributed by atoms with Gasteiger partial charge in [0.1, 0.15) is 5.03 Å². The van der Waals surface area contributed by atoms with Crippen molar-refractivity contribution >= 4 is 17.4 Å². The van der Waals surface area contributed by atoms with Crippen LogP contribution in [0.15, 0.2) is 63.5 Å². The summed E-state index contributed by atoms with van der Waals surface area (Å²) in [4.78, 5) is 18.1. The number of halogens is 2. The van der Waals surface area contributed by atoms with Crippen LogP contribution in [-0.4, -0.2) is 19.2 Å². The Morgan fingerprint density at radius 2 is 1.89 bits per heavy atom. The van der Waals surface area contributed by atoms with E-state index in [1.54, 1.807) is 12.4 Å². The van der Waals surface area contributed by atoms with Crippen molar-refractivity contribution in [2.24, 2.45) is 0 Å². The van der Waals surface area contributed by atoms with Crippen molar-refractivity contribution in [3.63, 3.8) is 0 Å². The largest absolute Gasteiger partial charge is 0.350 e. The second-order valence-corrected chi connectivity index (χ2v) is 7.52. The van der Waals surface area contributed by atoms with Crippen LogP contribution in [0.5, 0.6) is 0 Å². The van der Waals surface area contributed by atoms with Crippen molar-refractivity contribution in [1.82, 2.24) is 19.2 Å². The zero-order valence-corrected chi connectivity index (χ0v) is 16.0. The van der Waals surface area contributed by atoms with E-state index in [0.29, 0.717) is 16.2 Å². The quantitative estimate of drug-likeness (QED) is 0.522. The predicted octanol–water partition coefficient (Wildman–Crippen LogP) is 3.99. The fraction of sp³-hybridized carbons (Fsp3) is 0.150.